The third kappa shape index (κ3) is 5.81. The smallest absolute Gasteiger partial charge is 0.252 e. The van der Waals surface area contributed by atoms with Gasteiger partial charge in [0, 0.05) is 16.7 Å². The Kier molecular flexibility index (Phi) is 6.40. The summed E-state index contributed by atoms with van der Waals surface area (Å²) in [5, 5.41) is 4.87. The van der Waals surface area contributed by atoms with Crippen LogP contribution in [0.4, 0.5) is 5.95 Å². The minimum Gasteiger partial charge on any atom is -0.489 e. The number of ether oxygens (including phenoxy) is 1. The SMILES string of the molecule is O=c1cc(-c2ccccc2)nc(N/N=C/c2cccc(OCc3ccc(Cl)cc3)c2)[nH]1. The maximum atomic E-state index is 12.0. The molecule has 4 rings (SSSR count). The van der Waals surface area contributed by atoms with E-state index in [0.717, 1.165) is 22.4 Å². The predicted octanol–water partition coefficient (Wildman–Crippen LogP) is 5.12. The van der Waals surface area contributed by atoms with Crippen molar-refractivity contribution in [3.63, 3.8) is 0 Å². The van der Waals surface area contributed by atoms with E-state index < -0.39 is 0 Å². The summed E-state index contributed by atoms with van der Waals surface area (Å²) in [6, 6.07) is 26.0. The Labute approximate surface area is 184 Å². The van der Waals surface area contributed by atoms with Crippen molar-refractivity contribution in [2.24, 2.45) is 5.10 Å². The molecule has 0 saturated heterocycles. The number of nitrogens with zero attached hydrogens (tertiary/aromatic N) is 2. The van der Waals surface area contributed by atoms with Crippen LogP contribution in [0.3, 0.4) is 0 Å². The zero-order valence-electron chi connectivity index (χ0n) is 16.5. The van der Waals surface area contributed by atoms with Gasteiger partial charge in [0.25, 0.3) is 5.56 Å². The van der Waals surface area contributed by atoms with Gasteiger partial charge in [0.1, 0.15) is 12.4 Å². The van der Waals surface area contributed by atoms with Gasteiger partial charge in [0.15, 0.2) is 0 Å². The minimum absolute atomic E-state index is 0.260. The third-order valence-electron chi connectivity index (χ3n) is 4.37. The lowest BCUT2D eigenvalue weighted by Gasteiger charge is -2.07. The average molecular weight is 431 g/mol. The monoisotopic (exact) mass is 430 g/mol. The number of halogens is 1. The topological polar surface area (TPSA) is 79.4 Å². The van der Waals surface area contributed by atoms with Crippen LogP contribution in [-0.4, -0.2) is 16.2 Å². The molecule has 4 aromatic rings. The van der Waals surface area contributed by atoms with E-state index in [-0.39, 0.29) is 11.5 Å². The lowest BCUT2D eigenvalue weighted by molar-refractivity contribution is 0.306. The highest BCUT2D eigenvalue weighted by molar-refractivity contribution is 6.30. The molecule has 7 heteroatoms. The number of benzene rings is 3. The molecule has 0 unspecified atom stereocenters. The summed E-state index contributed by atoms with van der Waals surface area (Å²) in [4.78, 5) is 19.0. The van der Waals surface area contributed by atoms with Gasteiger partial charge < -0.3 is 4.74 Å². The van der Waals surface area contributed by atoms with E-state index in [4.69, 9.17) is 16.3 Å². The minimum atomic E-state index is -0.260. The molecule has 2 N–H and O–H groups in total. The molecule has 1 aromatic heterocycles. The molecule has 0 amide bonds. The van der Waals surface area contributed by atoms with Gasteiger partial charge in [-0.1, -0.05) is 66.2 Å². The fourth-order valence-corrected chi connectivity index (χ4v) is 2.99. The third-order valence-corrected chi connectivity index (χ3v) is 4.62. The lowest BCUT2D eigenvalue weighted by Crippen LogP contribution is -2.10. The Morgan fingerprint density at radius 2 is 1.81 bits per heavy atom. The van der Waals surface area contributed by atoms with E-state index in [1.54, 1.807) is 6.21 Å². The van der Waals surface area contributed by atoms with E-state index in [1.165, 1.54) is 6.07 Å². The van der Waals surface area contributed by atoms with Crippen molar-refractivity contribution in [1.82, 2.24) is 9.97 Å². The molecule has 0 spiro atoms. The summed E-state index contributed by atoms with van der Waals surface area (Å²) in [6.45, 7) is 0.438. The first kappa shape index (κ1) is 20.4. The molecular weight excluding hydrogens is 412 g/mol. The number of hydrazone groups is 1. The fourth-order valence-electron chi connectivity index (χ4n) is 2.87. The largest absolute Gasteiger partial charge is 0.489 e. The molecule has 154 valence electrons. The van der Waals surface area contributed by atoms with E-state index in [0.29, 0.717) is 17.3 Å². The predicted molar refractivity (Wildman–Crippen MR) is 124 cm³/mol. The molecule has 0 aliphatic carbocycles. The highest BCUT2D eigenvalue weighted by Crippen LogP contribution is 2.17. The Morgan fingerprint density at radius 1 is 1.00 bits per heavy atom. The van der Waals surface area contributed by atoms with E-state index in [2.05, 4.69) is 20.5 Å². The first-order valence-corrected chi connectivity index (χ1v) is 9.97. The summed E-state index contributed by atoms with van der Waals surface area (Å²) in [5.41, 5.74) is 5.80. The number of hydrogen-bond donors (Lipinski definition) is 2. The Morgan fingerprint density at radius 3 is 2.61 bits per heavy atom. The molecule has 0 aliphatic heterocycles. The van der Waals surface area contributed by atoms with Crippen molar-refractivity contribution >= 4 is 23.8 Å². The van der Waals surface area contributed by atoms with E-state index in [1.807, 2.05) is 78.9 Å². The molecule has 0 atom stereocenters. The van der Waals surface area contributed by atoms with E-state index >= 15 is 0 Å². The van der Waals surface area contributed by atoms with Crippen LogP contribution >= 0.6 is 11.6 Å². The standard InChI is InChI=1S/C24H19ClN4O2/c25-20-11-9-17(10-12-20)16-31-21-8-4-5-18(13-21)15-26-29-24-27-22(14-23(30)28-24)19-6-2-1-3-7-19/h1-15H,16H2,(H2,27,28,29,30)/b26-15+. The number of rotatable bonds is 7. The second-order valence-electron chi connectivity index (χ2n) is 6.70. The number of aromatic nitrogens is 2. The van der Waals surface area contributed by atoms with Crippen molar-refractivity contribution in [3.05, 3.63) is 111 Å². The highest BCUT2D eigenvalue weighted by Gasteiger charge is 2.03. The van der Waals surface area contributed by atoms with Gasteiger partial charge >= 0.3 is 0 Å². The van der Waals surface area contributed by atoms with Gasteiger partial charge in [-0.15, -0.1) is 0 Å². The van der Waals surface area contributed by atoms with Crippen LogP contribution in [0.2, 0.25) is 5.02 Å². The molecule has 0 saturated carbocycles. The number of hydrogen-bond acceptors (Lipinski definition) is 5. The number of nitrogens with one attached hydrogen (secondary N) is 2. The normalized spacial score (nSPS) is 10.9. The fraction of sp³-hybridized carbons (Fsp3) is 0.0417. The molecule has 6 nitrogen and oxygen atoms in total. The molecule has 0 fully saturated rings. The first-order chi connectivity index (χ1) is 15.2. The molecule has 3 aromatic carbocycles. The molecule has 0 aliphatic rings. The van der Waals surface area contributed by atoms with Crippen LogP contribution in [0.15, 0.2) is 94.8 Å². The average Bonchev–Trinajstić information content (AvgIpc) is 2.79. The Hall–Kier alpha value is -3.90. The number of H-pyrrole nitrogens is 1. The zero-order chi connectivity index (χ0) is 21.5. The van der Waals surface area contributed by atoms with Crippen molar-refractivity contribution in [1.29, 1.82) is 0 Å². The van der Waals surface area contributed by atoms with Gasteiger partial charge in [0.05, 0.1) is 11.9 Å². The first-order valence-electron chi connectivity index (χ1n) is 9.59. The van der Waals surface area contributed by atoms with Crippen molar-refractivity contribution < 1.29 is 4.74 Å². The summed E-state index contributed by atoms with van der Waals surface area (Å²) in [5.74, 6) is 0.981. The number of anilines is 1. The van der Waals surface area contributed by atoms with Crippen LogP contribution in [-0.2, 0) is 6.61 Å². The summed E-state index contributed by atoms with van der Waals surface area (Å²) in [7, 11) is 0. The molecule has 1 heterocycles. The van der Waals surface area contributed by atoms with Gasteiger partial charge in [0.2, 0.25) is 5.95 Å². The molecule has 0 bridgehead atoms. The van der Waals surface area contributed by atoms with Crippen LogP contribution in [0.5, 0.6) is 5.75 Å². The number of aromatic amines is 1. The Bertz CT molecular complexity index is 1240. The lowest BCUT2D eigenvalue weighted by atomic mass is 10.1. The maximum absolute atomic E-state index is 12.0. The zero-order valence-corrected chi connectivity index (χ0v) is 17.2. The van der Waals surface area contributed by atoms with Crippen LogP contribution < -0.4 is 15.7 Å². The van der Waals surface area contributed by atoms with Crippen molar-refractivity contribution in [2.75, 3.05) is 5.43 Å². The van der Waals surface area contributed by atoms with Gasteiger partial charge in [-0.05, 0) is 35.4 Å². The molecular formula is C24H19ClN4O2. The van der Waals surface area contributed by atoms with Crippen molar-refractivity contribution in [3.8, 4) is 17.0 Å². The van der Waals surface area contributed by atoms with Gasteiger partial charge in [-0.25, -0.2) is 10.4 Å². The molecule has 0 radical (unpaired) electrons. The van der Waals surface area contributed by atoms with E-state index in [9.17, 15) is 4.79 Å². The van der Waals surface area contributed by atoms with Gasteiger partial charge in [-0.2, -0.15) is 5.10 Å². The van der Waals surface area contributed by atoms with Crippen LogP contribution in [0, 0.1) is 0 Å². The second-order valence-corrected chi connectivity index (χ2v) is 7.14. The molecule has 31 heavy (non-hydrogen) atoms. The summed E-state index contributed by atoms with van der Waals surface area (Å²) >= 11 is 5.91. The maximum Gasteiger partial charge on any atom is 0.252 e. The second kappa shape index (κ2) is 9.73. The highest BCUT2D eigenvalue weighted by atomic mass is 35.5. The Balaban J connectivity index is 1.41. The van der Waals surface area contributed by atoms with Crippen molar-refractivity contribution in [2.45, 2.75) is 6.61 Å². The van der Waals surface area contributed by atoms with Crippen LogP contribution in [0.1, 0.15) is 11.1 Å². The van der Waals surface area contributed by atoms with Gasteiger partial charge in [-0.3, -0.25) is 9.78 Å². The van der Waals surface area contributed by atoms with Crippen LogP contribution in [0.25, 0.3) is 11.3 Å². The quantitative estimate of drug-likeness (QED) is 0.315. The summed E-state index contributed by atoms with van der Waals surface area (Å²) in [6.07, 6.45) is 1.63. The summed E-state index contributed by atoms with van der Waals surface area (Å²) < 4.78 is 5.83.